The molecule has 0 aromatic heterocycles. The van der Waals surface area contributed by atoms with Gasteiger partial charge in [-0.05, 0) is 12.1 Å². The maximum absolute atomic E-state index is 11.1. The van der Waals surface area contributed by atoms with E-state index in [2.05, 4.69) is 21.1 Å². The average Bonchev–Trinajstić information content (AvgIpc) is 2.05. The van der Waals surface area contributed by atoms with Crippen LogP contribution >= 0.6 is 15.9 Å². The van der Waals surface area contributed by atoms with Gasteiger partial charge in [0.15, 0.2) is 0 Å². The van der Waals surface area contributed by atoms with E-state index in [4.69, 9.17) is 5.21 Å². The van der Waals surface area contributed by atoms with E-state index in [0.29, 0.717) is 5.56 Å². The molecule has 0 fully saturated rings. The summed E-state index contributed by atoms with van der Waals surface area (Å²) < 4.78 is 0.819. The van der Waals surface area contributed by atoms with Crippen molar-refractivity contribution in [2.75, 3.05) is 0 Å². The lowest BCUT2D eigenvalue weighted by atomic mass is 10.1. The number of nitrogens with zero attached hydrogens (tertiary/aromatic N) is 1. The minimum Gasteiger partial charge on any atom is -0.411 e. The molecule has 62 valence electrons. The van der Waals surface area contributed by atoms with Crippen LogP contribution < -0.4 is 0 Å². The fourth-order valence-corrected chi connectivity index (χ4v) is 1.17. The Balaban J connectivity index is 2.96. The highest BCUT2D eigenvalue weighted by Crippen LogP contribution is 2.11. The van der Waals surface area contributed by atoms with Crippen LogP contribution in [0.4, 0.5) is 0 Å². The second-order valence-corrected chi connectivity index (χ2v) is 3.03. The molecule has 1 aromatic rings. The number of halogens is 1. The summed E-state index contributed by atoms with van der Waals surface area (Å²) in [6.07, 6.45) is 0.863. The minimum absolute atomic E-state index is 0.321. The SMILES string of the molecule is O=C(C=NO)c1cccc(Br)c1. The van der Waals surface area contributed by atoms with Crippen LogP contribution in [-0.4, -0.2) is 17.2 Å². The van der Waals surface area contributed by atoms with Crippen LogP contribution in [0.1, 0.15) is 10.4 Å². The first-order chi connectivity index (χ1) is 5.74. The Bertz CT molecular complexity index is 323. The van der Waals surface area contributed by atoms with E-state index < -0.39 is 0 Å². The number of benzene rings is 1. The lowest BCUT2D eigenvalue weighted by Gasteiger charge is -1.94. The van der Waals surface area contributed by atoms with Gasteiger partial charge in [-0.3, -0.25) is 4.79 Å². The third kappa shape index (κ3) is 2.17. The molecular weight excluding hydrogens is 222 g/mol. The first-order valence-electron chi connectivity index (χ1n) is 3.21. The third-order valence-electron chi connectivity index (χ3n) is 1.28. The van der Waals surface area contributed by atoms with Gasteiger partial charge in [-0.15, -0.1) is 0 Å². The lowest BCUT2D eigenvalue weighted by molar-refractivity contribution is 0.106. The standard InChI is InChI=1S/C8H6BrNO2/c9-7-3-1-2-6(4-7)8(11)5-10-12/h1-5,12H. The van der Waals surface area contributed by atoms with Crippen molar-refractivity contribution in [2.45, 2.75) is 0 Å². The highest BCUT2D eigenvalue weighted by atomic mass is 79.9. The molecule has 0 saturated heterocycles. The van der Waals surface area contributed by atoms with Crippen molar-refractivity contribution >= 4 is 27.9 Å². The van der Waals surface area contributed by atoms with Crippen LogP contribution in [0.5, 0.6) is 0 Å². The van der Waals surface area contributed by atoms with Gasteiger partial charge >= 0.3 is 0 Å². The summed E-state index contributed by atoms with van der Waals surface area (Å²) in [4.78, 5) is 11.1. The summed E-state index contributed by atoms with van der Waals surface area (Å²) in [5.41, 5.74) is 0.488. The summed E-state index contributed by atoms with van der Waals surface area (Å²) >= 11 is 3.22. The molecule has 0 atom stereocenters. The van der Waals surface area contributed by atoms with Crippen molar-refractivity contribution in [3.8, 4) is 0 Å². The largest absolute Gasteiger partial charge is 0.411 e. The second-order valence-electron chi connectivity index (χ2n) is 2.12. The third-order valence-corrected chi connectivity index (χ3v) is 1.78. The van der Waals surface area contributed by atoms with Gasteiger partial charge in [0.05, 0.1) is 0 Å². The van der Waals surface area contributed by atoms with Gasteiger partial charge in [-0.2, -0.15) is 0 Å². The molecule has 12 heavy (non-hydrogen) atoms. The van der Waals surface area contributed by atoms with E-state index in [0.717, 1.165) is 10.7 Å². The first-order valence-corrected chi connectivity index (χ1v) is 4.00. The number of Topliss-reactive ketones (excluding diaryl/α,β-unsaturated/α-hetero) is 1. The van der Waals surface area contributed by atoms with Crippen molar-refractivity contribution in [3.63, 3.8) is 0 Å². The summed E-state index contributed by atoms with van der Waals surface area (Å²) in [6, 6.07) is 6.86. The number of hydrogen-bond acceptors (Lipinski definition) is 3. The van der Waals surface area contributed by atoms with Gasteiger partial charge in [0.1, 0.15) is 6.21 Å². The zero-order valence-corrected chi connectivity index (χ0v) is 7.65. The van der Waals surface area contributed by atoms with Crippen molar-refractivity contribution in [1.82, 2.24) is 0 Å². The van der Waals surface area contributed by atoms with Crippen LogP contribution in [0, 0.1) is 0 Å². The fourth-order valence-electron chi connectivity index (χ4n) is 0.769. The number of hydrogen-bond donors (Lipinski definition) is 1. The normalized spacial score (nSPS) is 10.4. The van der Waals surface area contributed by atoms with Crippen LogP contribution in [0.15, 0.2) is 33.9 Å². The monoisotopic (exact) mass is 227 g/mol. The quantitative estimate of drug-likeness (QED) is 0.364. The molecule has 0 radical (unpaired) electrons. The first kappa shape index (κ1) is 8.93. The van der Waals surface area contributed by atoms with E-state index in [1.165, 1.54) is 0 Å². The molecule has 0 saturated carbocycles. The maximum atomic E-state index is 11.1. The smallest absolute Gasteiger partial charge is 0.207 e. The fraction of sp³-hybridized carbons (Fsp3) is 0. The Hall–Kier alpha value is -1.16. The maximum Gasteiger partial charge on any atom is 0.207 e. The predicted octanol–water partition coefficient (Wildman–Crippen LogP) is 2.09. The topological polar surface area (TPSA) is 49.7 Å². The summed E-state index contributed by atoms with van der Waals surface area (Å²) in [5, 5.41) is 10.8. The average molecular weight is 228 g/mol. The van der Waals surface area contributed by atoms with E-state index in [1.54, 1.807) is 18.2 Å². The van der Waals surface area contributed by atoms with Crippen molar-refractivity contribution < 1.29 is 10.0 Å². The molecule has 0 aliphatic carbocycles. The minimum atomic E-state index is -0.321. The van der Waals surface area contributed by atoms with Gasteiger partial charge in [-0.25, -0.2) is 0 Å². The molecule has 1 N–H and O–H groups in total. The zero-order valence-electron chi connectivity index (χ0n) is 6.07. The Morgan fingerprint density at radius 3 is 2.92 bits per heavy atom. The molecule has 0 amide bonds. The number of oxime groups is 1. The number of carbonyl (C=O) groups is 1. The second kappa shape index (κ2) is 4.01. The van der Waals surface area contributed by atoms with Gasteiger partial charge in [-0.1, -0.05) is 33.2 Å². The molecule has 4 heteroatoms. The van der Waals surface area contributed by atoms with Crippen molar-refractivity contribution in [3.05, 3.63) is 34.3 Å². The van der Waals surface area contributed by atoms with Crippen LogP contribution in [0.2, 0.25) is 0 Å². The van der Waals surface area contributed by atoms with Gasteiger partial charge in [0.2, 0.25) is 5.78 Å². The molecule has 0 aliphatic heterocycles. The van der Waals surface area contributed by atoms with Crippen LogP contribution in [0.25, 0.3) is 0 Å². The van der Waals surface area contributed by atoms with Gasteiger partial charge < -0.3 is 5.21 Å². The number of rotatable bonds is 2. The molecule has 3 nitrogen and oxygen atoms in total. The molecule has 0 aliphatic rings. The van der Waals surface area contributed by atoms with Crippen molar-refractivity contribution in [2.24, 2.45) is 5.16 Å². The highest BCUT2D eigenvalue weighted by Gasteiger charge is 2.01. The highest BCUT2D eigenvalue weighted by molar-refractivity contribution is 9.10. The van der Waals surface area contributed by atoms with E-state index in [9.17, 15) is 4.79 Å². The summed E-state index contributed by atoms with van der Waals surface area (Å²) in [7, 11) is 0. The summed E-state index contributed by atoms with van der Waals surface area (Å²) in [6.45, 7) is 0. The lowest BCUT2D eigenvalue weighted by Crippen LogP contribution is -1.99. The molecule has 0 heterocycles. The molecule has 0 bridgehead atoms. The Morgan fingerprint density at radius 1 is 1.58 bits per heavy atom. The van der Waals surface area contributed by atoms with E-state index >= 15 is 0 Å². The molecule has 0 unspecified atom stereocenters. The van der Waals surface area contributed by atoms with E-state index in [1.807, 2.05) is 6.07 Å². The van der Waals surface area contributed by atoms with Crippen molar-refractivity contribution in [1.29, 1.82) is 0 Å². The molecule has 1 rings (SSSR count). The zero-order chi connectivity index (χ0) is 8.97. The number of carbonyl (C=O) groups excluding carboxylic acids is 1. The Labute approximate surface area is 77.8 Å². The van der Waals surface area contributed by atoms with Crippen LogP contribution in [0.3, 0.4) is 0 Å². The number of ketones is 1. The molecule has 0 spiro atoms. The van der Waals surface area contributed by atoms with Crippen LogP contribution in [-0.2, 0) is 0 Å². The van der Waals surface area contributed by atoms with Gasteiger partial charge in [0, 0.05) is 10.0 Å². The summed E-state index contributed by atoms with van der Waals surface area (Å²) in [5.74, 6) is -0.321. The Morgan fingerprint density at radius 2 is 2.33 bits per heavy atom. The Kier molecular flexibility index (Phi) is 2.99. The molecule has 1 aromatic carbocycles. The van der Waals surface area contributed by atoms with E-state index in [-0.39, 0.29) is 5.78 Å². The van der Waals surface area contributed by atoms with Gasteiger partial charge in [0.25, 0.3) is 0 Å². The molecular formula is C8H6BrNO2. The predicted molar refractivity (Wildman–Crippen MR) is 48.8 cm³/mol.